The van der Waals surface area contributed by atoms with Crippen LogP contribution in [0.5, 0.6) is 0 Å². The molecule has 2 aromatic heterocycles. The van der Waals surface area contributed by atoms with Crippen LogP contribution in [-0.2, 0) is 0 Å². The Labute approximate surface area is 252 Å². The SMILES string of the molecule is Cc1ccc2nc(-c3ccc(N=Cc4ccc(C=Nc5ccc(-c6nc7ccc(C)cc7s6)cc5)cc4)cc3)sc2c1. The van der Waals surface area contributed by atoms with Crippen molar-refractivity contribution in [1.82, 2.24) is 9.97 Å². The number of nitrogens with zero attached hydrogens (tertiary/aromatic N) is 4. The normalized spacial score (nSPS) is 11.9. The summed E-state index contributed by atoms with van der Waals surface area (Å²) in [4.78, 5) is 18.9. The highest BCUT2D eigenvalue weighted by atomic mass is 32.1. The van der Waals surface area contributed by atoms with Crippen LogP contribution in [0.3, 0.4) is 0 Å². The molecule has 0 bridgehead atoms. The van der Waals surface area contributed by atoms with Gasteiger partial charge in [-0.1, -0.05) is 36.4 Å². The fourth-order valence-electron chi connectivity index (χ4n) is 4.66. The zero-order valence-corrected chi connectivity index (χ0v) is 24.8. The largest absolute Gasteiger partial charge is 0.256 e. The van der Waals surface area contributed by atoms with Gasteiger partial charge in [0.25, 0.3) is 0 Å². The van der Waals surface area contributed by atoms with E-state index in [1.54, 1.807) is 22.7 Å². The molecule has 0 unspecified atom stereocenters. The molecule has 0 amide bonds. The molecule has 0 saturated heterocycles. The first-order chi connectivity index (χ1) is 20.6. The lowest BCUT2D eigenvalue weighted by Crippen LogP contribution is -1.84. The molecule has 0 N–H and O–H groups in total. The molecule has 4 nitrogen and oxygen atoms in total. The molecule has 2 heterocycles. The van der Waals surface area contributed by atoms with E-state index < -0.39 is 0 Å². The first kappa shape index (κ1) is 26.1. The van der Waals surface area contributed by atoms with Gasteiger partial charge in [0.05, 0.1) is 31.8 Å². The summed E-state index contributed by atoms with van der Waals surface area (Å²) in [7, 11) is 0. The summed E-state index contributed by atoms with van der Waals surface area (Å²) < 4.78 is 2.43. The Morgan fingerprint density at radius 1 is 0.500 bits per heavy atom. The Kier molecular flexibility index (Phi) is 7.00. The maximum Gasteiger partial charge on any atom is 0.124 e. The number of thiazole rings is 2. The van der Waals surface area contributed by atoms with Gasteiger partial charge in [-0.05, 0) is 109 Å². The smallest absolute Gasteiger partial charge is 0.124 e. The van der Waals surface area contributed by atoms with Crippen molar-refractivity contribution in [2.24, 2.45) is 9.98 Å². The van der Waals surface area contributed by atoms with E-state index in [1.807, 2.05) is 36.7 Å². The Morgan fingerprint density at radius 3 is 1.31 bits per heavy atom. The van der Waals surface area contributed by atoms with E-state index in [2.05, 4.69) is 109 Å². The lowest BCUT2D eigenvalue weighted by atomic mass is 10.1. The number of fused-ring (bicyclic) bond motifs is 2. The molecule has 0 fully saturated rings. The van der Waals surface area contributed by atoms with E-state index in [9.17, 15) is 0 Å². The third kappa shape index (κ3) is 5.68. The summed E-state index contributed by atoms with van der Waals surface area (Å²) in [5.74, 6) is 0. The van der Waals surface area contributed by atoms with Crippen LogP contribution in [0.2, 0.25) is 0 Å². The Morgan fingerprint density at radius 2 is 0.905 bits per heavy atom. The number of hydrogen-bond donors (Lipinski definition) is 0. The molecule has 0 saturated carbocycles. The second kappa shape index (κ2) is 11.2. The van der Waals surface area contributed by atoms with Crippen molar-refractivity contribution in [2.45, 2.75) is 13.8 Å². The van der Waals surface area contributed by atoms with Crippen molar-refractivity contribution in [1.29, 1.82) is 0 Å². The number of benzene rings is 5. The molecule has 5 aromatic carbocycles. The van der Waals surface area contributed by atoms with E-state index >= 15 is 0 Å². The predicted molar refractivity (Wildman–Crippen MR) is 181 cm³/mol. The highest BCUT2D eigenvalue weighted by molar-refractivity contribution is 7.22. The first-order valence-electron chi connectivity index (χ1n) is 13.7. The minimum atomic E-state index is 0.908. The fourth-order valence-corrected chi connectivity index (χ4v) is 6.80. The van der Waals surface area contributed by atoms with Gasteiger partial charge in [-0.3, -0.25) is 9.98 Å². The third-order valence-electron chi connectivity index (χ3n) is 6.98. The van der Waals surface area contributed by atoms with Gasteiger partial charge < -0.3 is 0 Å². The topological polar surface area (TPSA) is 50.5 Å². The average molecular weight is 579 g/mol. The molecule has 0 aliphatic heterocycles. The van der Waals surface area contributed by atoms with Crippen molar-refractivity contribution in [2.75, 3.05) is 0 Å². The number of hydrogen-bond acceptors (Lipinski definition) is 6. The maximum absolute atomic E-state index is 4.78. The van der Waals surface area contributed by atoms with E-state index in [-0.39, 0.29) is 0 Å². The molecule has 7 rings (SSSR count). The first-order valence-corrected chi connectivity index (χ1v) is 15.3. The molecule has 0 aliphatic rings. The van der Waals surface area contributed by atoms with Crippen LogP contribution in [0.25, 0.3) is 41.6 Å². The molecular formula is C36H26N4S2. The quantitative estimate of drug-likeness (QED) is 0.184. The predicted octanol–water partition coefficient (Wildman–Crippen LogP) is 10.4. The lowest BCUT2D eigenvalue weighted by Gasteiger charge is -1.99. The van der Waals surface area contributed by atoms with E-state index in [1.165, 1.54) is 20.5 Å². The van der Waals surface area contributed by atoms with Gasteiger partial charge >= 0.3 is 0 Å². The summed E-state index contributed by atoms with van der Waals surface area (Å²) in [5, 5.41) is 2.06. The van der Waals surface area contributed by atoms with Crippen LogP contribution < -0.4 is 0 Å². The van der Waals surface area contributed by atoms with Crippen LogP contribution in [-0.4, -0.2) is 22.4 Å². The highest BCUT2D eigenvalue weighted by Crippen LogP contribution is 2.33. The van der Waals surface area contributed by atoms with Crippen molar-refractivity contribution in [3.63, 3.8) is 0 Å². The zero-order valence-electron chi connectivity index (χ0n) is 23.2. The van der Waals surface area contributed by atoms with E-state index in [0.29, 0.717) is 0 Å². The summed E-state index contributed by atoms with van der Waals surface area (Å²) in [6.07, 6.45) is 3.77. The summed E-state index contributed by atoms with van der Waals surface area (Å²) in [5.41, 5.74) is 10.7. The summed E-state index contributed by atoms with van der Waals surface area (Å²) >= 11 is 3.45. The monoisotopic (exact) mass is 578 g/mol. The van der Waals surface area contributed by atoms with Gasteiger partial charge in [-0.2, -0.15) is 0 Å². The minimum Gasteiger partial charge on any atom is -0.256 e. The van der Waals surface area contributed by atoms with Gasteiger partial charge in [0, 0.05) is 23.6 Å². The third-order valence-corrected chi connectivity index (χ3v) is 9.11. The van der Waals surface area contributed by atoms with Crippen molar-refractivity contribution in [3.05, 3.63) is 131 Å². The number of rotatable bonds is 6. The summed E-state index contributed by atoms with van der Waals surface area (Å²) in [6.45, 7) is 4.22. The van der Waals surface area contributed by atoms with E-state index in [0.717, 1.165) is 54.7 Å². The number of aliphatic imine (C=N–C) groups is 2. The molecule has 0 atom stereocenters. The van der Waals surface area contributed by atoms with Gasteiger partial charge in [-0.25, -0.2) is 9.97 Å². The number of aromatic nitrogens is 2. The van der Waals surface area contributed by atoms with Crippen LogP contribution in [0.1, 0.15) is 22.3 Å². The van der Waals surface area contributed by atoms with E-state index in [4.69, 9.17) is 9.97 Å². The molecular weight excluding hydrogens is 553 g/mol. The van der Waals surface area contributed by atoms with Crippen LogP contribution in [0, 0.1) is 13.8 Å². The van der Waals surface area contributed by atoms with Gasteiger partial charge in [-0.15, -0.1) is 22.7 Å². The molecule has 6 heteroatoms. The average Bonchev–Trinajstić information content (AvgIpc) is 3.64. The maximum atomic E-state index is 4.78. The lowest BCUT2D eigenvalue weighted by molar-refractivity contribution is 1.44. The van der Waals surface area contributed by atoms with Crippen LogP contribution in [0.15, 0.2) is 119 Å². The number of aryl methyl sites for hydroxylation is 2. The second-order valence-electron chi connectivity index (χ2n) is 10.3. The summed E-state index contributed by atoms with van der Waals surface area (Å²) in [6, 6.07) is 37.5. The second-order valence-corrected chi connectivity index (χ2v) is 12.3. The molecule has 0 radical (unpaired) electrons. The highest BCUT2D eigenvalue weighted by Gasteiger charge is 2.08. The molecule has 0 aliphatic carbocycles. The molecule has 0 spiro atoms. The molecule has 7 aromatic rings. The zero-order chi connectivity index (χ0) is 28.5. The van der Waals surface area contributed by atoms with Crippen LogP contribution >= 0.6 is 22.7 Å². The van der Waals surface area contributed by atoms with Crippen molar-refractivity contribution in [3.8, 4) is 21.1 Å². The Balaban J connectivity index is 0.985. The fraction of sp³-hybridized carbons (Fsp3) is 0.0556. The standard InChI is InChI=1S/C36H26N4S2/c1-23-3-17-31-33(19-23)41-35(39-31)27-9-13-29(14-10-27)37-21-25-5-7-26(8-6-25)22-38-30-15-11-28(12-16-30)36-40-32-18-4-24(2)20-34(32)42-36/h3-22H,1-2H3. The Hall–Kier alpha value is -4.78. The van der Waals surface area contributed by atoms with Gasteiger partial charge in [0.2, 0.25) is 0 Å². The van der Waals surface area contributed by atoms with Crippen LogP contribution in [0.4, 0.5) is 11.4 Å². The van der Waals surface area contributed by atoms with Crippen molar-refractivity contribution >= 4 is 66.9 Å². The van der Waals surface area contributed by atoms with Gasteiger partial charge in [0.15, 0.2) is 0 Å². The molecule has 42 heavy (non-hydrogen) atoms. The molecule has 202 valence electrons. The minimum absolute atomic E-state index is 0.908. The van der Waals surface area contributed by atoms with Gasteiger partial charge in [0.1, 0.15) is 10.0 Å². The van der Waals surface area contributed by atoms with Crippen molar-refractivity contribution < 1.29 is 0 Å². The Bertz CT molecular complexity index is 1930.